The first-order valence-electron chi connectivity index (χ1n) is 9.79. The van der Waals surface area contributed by atoms with E-state index in [9.17, 15) is 27.1 Å². The van der Waals surface area contributed by atoms with Crippen LogP contribution in [0.5, 0.6) is 0 Å². The number of aliphatic hydroxyl groups excluding tert-OH is 1. The average molecular weight is 442 g/mol. The molecule has 1 aromatic carbocycles. The number of β-amino-alcohol motifs (C(OH)–C–C–N with tert-alkyl or cyclic N) is 1. The number of ether oxygens (including phenoxy) is 1. The molecule has 1 aromatic heterocycles. The maximum Gasteiger partial charge on any atom is 0.416 e. The Balaban J connectivity index is 1.66. The van der Waals surface area contributed by atoms with E-state index in [2.05, 4.69) is 9.97 Å². The van der Waals surface area contributed by atoms with Gasteiger partial charge in [0.25, 0.3) is 5.92 Å². The number of anilines is 1. The maximum absolute atomic E-state index is 14.4. The Hall–Kier alpha value is -2.37. The molecular formula is C20H19F5N4O2. The van der Waals surface area contributed by atoms with Crippen LogP contribution in [0, 0.1) is 0 Å². The summed E-state index contributed by atoms with van der Waals surface area (Å²) >= 11 is 0. The number of aliphatic hydroxyl groups is 1. The van der Waals surface area contributed by atoms with E-state index in [4.69, 9.17) is 10.5 Å². The van der Waals surface area contributed by atoms with Gasteiger partial charge in [0.2, 0.25) is 5.95 Å². The Morgan fingerprint density at radius 2 is 1.87 bits per heavy atom. The lowest BCUT2D eigenvalue weighted by Gasteiger charge is -2.39. The van der Waals surface area contributed by atoms with Crippen LogP contribution in [0.25, 0.3) is 11.3 Å². The van der Waals surface area contributed by atoms with Crippen molar-refractivity contribution in [1.82, 2.24) is 9.97 Å². The number of hydrogen-bond donors (Lipinski definition) is 2. The van der Waals surface area contributed by atoms with Crippen LogP contribution in [0.15, 0.2) is 18.2 Å². The summed E-state index contributed by atoms with van der Waals surface area (Å²) in [5.41, 5.74) is 3.57. The second kappa shape index (κ2) is 6.57. The van der Waals surface area contributed by atoms with E-state index in [0.717, 1.165) is 6.07 Å². The first-order valence-corrected chi connectivity index (χ1v) is 9.79. The lowest BCUT2D eigenvalue weighted by molar-refractivity contribution is -0.141. The van der Waals surface area contributed by atoms with Gasteiger partial charge < -0.3 is 20.5 Å². The minimum absolute atomic E-state index is 0.0269. The van der Waals surface area contributed by atoms with Crippen LogP contribution in [0.3, 0.4) is 0 Å². The molecule has 2 aromatic rings. The van der Waals surface area contributed by atoms with Gasteiger partial charge in [0, 0.05) is 30.6 Å². The van der Waals surface area contributed by atoms with Gasteiger partial charge in [0.05, 0.1) is 36.1 Å². The van der Waals surface area contributed by atoms with Gasteiger partial charge in [0.15, 0.2) is 0 Å². The lowest BCUT2D eigenvalue weighted by Crippen LogP contribution is -2.55. The Kier molecular flexibility index (Phi) is 4.35. The van der Waals surface area contributed by atoms with Crippen molar-refractivity contribution >= 4 is 5.95 Å². The van der Waals surface area contributed by atoms with Gasteiger partial charge in [-0.1, -0.05) is 12.1 Å². The molecule has 3 heterocycles. The summed E-state index contributed by atoms with van der Waals surface area (Å²) < 4.78 is 75.5. The normalized spacial score (nSPS) is 22.1. The molecule has 5 rings (SSSR count). The first kappa shape index (κ1) is 20.5. The summed E-state index contributed by atoms with van der Waals surface area (Å²) in [6.45, 7) is 0.274. The molecule has 0 atom stereocenters. The van der Waals surface area contributed by atoms with Crippen LogP contribution in [0.2, 0.25) is 0 Å². The smallest absolute Gasteiger partial charge is 0.389 e. The molecular weight excluding hydrogens is 423 g/mol. The third kappa shape index (κ3) is 3.26. The number of nitrogens with zero attached hydrogens (tertiary/aromatic N) is 3. The van der Waals surface area contributed by atoms with Gasteiger partial charge in [-0.05, 0) is 18.1 Å². The first-order chi connectivity index (χ1) is 14.5. The summed E-state index contributed by atoms with van der Waals surface area (Å²) in [4.78, 5) is 9.84. The van der Waals surface area contributed by atoms with E-state index >= 15 is 0 Å². The van der Waals surface area contributed by atoms with Gasteiger partial charge in [-0.25, -0.2) is 9.97 Å². The molecule has 3 aliphatic rings. The Labute approximate surface area is 173 Å². The fraction of sp³-hybridized carbons (Fsp3) is 0.500. The third-order valence-electron chi connectivity index (χ3n) is 6.03. The van der Waals surface area contributed by atoms with Gasteiger partial charge in [0.1, 0.15) is 5.69 Å². The predicted molar refractivity (Wildman–Crippen MR) is 99.6 cm³/mol. The number of fused-ring (bicyclic) bond motifs is 1. The summed E-state index contributed by atoms with van der Waals surface area (Å²) in [5.74, 6) is -3.22. The van der Waals surface area contributed by atoms with Gasteiger partial charge in [-0.15, -0.1) is 0 Å². The fourth-order valence-electron chi connectivity index (χ4n) is 4.25. The number of rotatable bonds is 3. The van der Waals surface area contributed by atoms with Crippen molar-refractivity contribution in [2.45, 2.75) is 36.6 Å². The fourth-order valence-corrected chi connectivity index (χ4v) is 4.25. The van der Waals surface area contributed by atoms with E-state index in [-0.39, 0.29) is 61.1 Å². The monoisotopic (exact) mass is 442 g/mol. The van der Waals surface area contributed by atoms with Crippen LogP contribution in [0.1, 0.15) is 28.8 Å². The largest absolute Gasteiger partial charge is 0.416 e. The van der Waals surface area contributed by atoms with E-state index < -0.39 is 41.4 Å². The molecule has 6 nitrogen and oxygen atoms in total. The minimum atomic E-state index is -4.70. The lowest BCUT2D eigenvalue weighted by atomic mass is 9.84. The van der Waals surface area contributed by atoms with Gasteiger partial charge in [-0.3, -0.25) is 0 Å². The van der Waals surface area contributed by atoms with Crippen LogP contribution in [0.4, 0.5) is 27.9 Å². The Bertz CT molecular complexity index is 1050. The highest BCUT2D eigenvalue weighted by atomic mass is 19.4. The minimum Gasteiger partial charge on any atom is -0.389 e. The van der Waals surface area contributed by atoms with Crippen molar-refractivity contribution in [2.75, 3.05) is 31.2 Å². The van der Waals surface area contributed by atoms with Gasteiger partial charge >= 0.3 is 6.18 Å². The molecule has 1 aliphatic carbocycles. The quantitative estimate of drug-likeness (QED) is 0.711. The molecule has 31 heavy (non-hydrogen) atoms. The topological polar surface area (TPSA) is 84.5 Å². The molecule has 2 saturated heterocycles. The number of halogens is 5. The molecule has 0 spiro atoms. The Morgan fingerprint density at radius 3 is 2.45 bits per heavy atom. The molecule has 2 fully saturated rings. The van der Waals surface area contributed by atoms with Gasteiger partial charge in [-0.2, -0.15) is 22.0 Å². The highest BCUT2D eigenvalue weighted by molar-refractivity contribution is 5.69. The summed E-state index contributed by atoms with van der Waals surface area (Å²) in [6.07, 6.45) is -5.85. The molecule has 166 valence electrons. The Morgan fingerprint density at radius 1 is 1.16 bits per heavy atom. The van der Waals surface area contributed by atoms with Crippen LogP contribution in [-0.4, -0.2) is 47.5 Å². The van der Waals surface area contributed by atoms with E-state index in [0.29, 0.717) is 0 Å². The molecule has 11 heteroatoms. The second-order valence-corrected chi connectivity index (χ2v) is 8.37. The zero-order chi connectivity index (χ0) is 22.2. The summed E-state index contributed by atoms with van der Waals surface area (Å²) in [7, 11) is 0. The van der Waals surface area contributed by atoms with Crippen molar-refractivity contribution in [1.29, 1.82) is 0 Å². The number of nitrogens with two attached hydrogens (primary N) is 1. The van der Waals surface area contributed by atoms with E-state index in [1.165, 1.54) is 17.0 Å². The van der Waals surface area contributed by atoms with Crippen molar-refractivity contribution in [3.05, 3.63) is 40.6 Å². The van der Waals surface area contributed by atoms with Crippen molar-refractivity contribution in [3.63, 3.8) is 0 Å². The molecule has 2 aliphatic heterocycles. The zero-order valence-electron chi connectivity index (χ0n) is 16.2. The zero-order valence-corrected chi connectivity index (χ0v) is 16.2. The highest BCUT2D eigenvalue weighted by Crippen LogP contribution is 2.46. The molecule has 0 radical (unpaired) electrons. The van der Waals surface area contributed by atoms with E-state index in [1.807, 2.05) is 0 Å². The van der Waals surface area contributed by atoms with Crippen molar-refractivity contribution in [2.24, 2.45) is 5.73 Å². The van der Waals surface area contributed by atoms with Crippen LogP contribution in [-0.2, 0) is 28.8 Å². The molecule has 0 unspecified atom stereocenters. The predicted octanol–water partition coefficient (Wildman–Crippen LogP) is 2.57. The number of hydrogen-bond acceptors (Lipinski definition) is 6. The summed E-state index contributed by atoms with van der Waals surface area (Å²) in [5, 5.41) is 9.53. The van der Waals surface area contributed by atoms with Crippen LogP contribution >= 0.6 is 0 Å². The second-order valence-electron chi connectivity index (χ2n) is 8.37. The summed E-state index contributed by atoms with van der Waals surface area (Å²) in [6, 6.07) is 3.61. The average Bonchev–Trinajstić information content (AvgIpc) is 2.96. The van der Waals surface area contributed by atoms with Crippen LogP contribution < -0.4 is 10.6 Å². The van der Waals surface area contributed by atoms with Crippen molar-refractivity contribution in [3.8, 4) is 11.3 Å². The molecule has 0 bridgehead atoms. The third-order valence-corrected chi connectivity index (χ3v) is 6.03. The SMILES string of the molecule is NC1(c2ccc(-c3nc(N4CC(O)C4)nc4c3CCC4(F)F)cc2C(F)(F)F)COC1. The maximum atomic E-state index is 14.4. The molecule has 0 saturated carbocycles. The number of alkyl halides is 5. The highest BCUT2D eigenvalue weighted by Gasteiger charge is 2.46. The molecule has 0 amide bonds. The van der Waals surface area contributed by atoms with E-state index in [1.54, 1.807) is 0 Å². The number of aromatic nitrogens is 2. The molecule has 3 N–H and O–H groups in total. The van der Waals surface area contributed by atoms with Crippen molar-refractivity contribution < 1.29 is 31.8 Å². The number of benzene rings is 1. The standard InChI is InChI=1S/C20H19F5N4O2/c21-19(22)4-3-12-15(27-17(28-16(12)19)29-6-11(30)7-29)10-1-2-13(18(26)8-31-9-18)14(5-10)20(23,24)25/h1-2,5,11,30H,3-4,6-9,26H2.